The first-order chi connectivity index (χ1) is 23.7. The molecule has 1 saturated heterocycles. The molecule has 0 unspecified atom stereocenters. The first-order valence-electron chi connectivity index (χ1n) is 17.1. The van der Waals surface area contributed by atoms with Gasteiger partial charge in [0.2, 0.25) is 0 Å². The number of piperidine rings is 1. The Balaban J connectivity index is 1.07. The van der Waals surface area contributed by atoms with Crippen molar-refractivity contribution < 1.29 is 0 Å². The highest BCUT2D eigenvalue weighted by molar-refractivity contribution is 6.35. The topological polar surface area (TPSA) is 34.0 Å². The molecule has 1 aliphatic heterocycles. The molecular formula is C43H39ClN4. The zero-order valence-electron chi connectivity index (χ0n) is 27.1. The monoisotopic (exact) mass is 646 g/mol. The molecule has 1 fully saturated rings. The Morgan fingerprint density at radius 2 is 1.15 bits per heavy atom. The van der Waals surface area contributed by atoms with Gasteiger partial charge in [0.05, 0.1) is 16.6 Å². The average Bonchev–Trinajstić information content (AvgIpc) is 3.55. The predicted molar refractivity (Wildman–Crippen MR) is 198 cm³/mol. The molecule has 8 rings (SSSR count). The second kappa shape index (κ2) is 13.4. The largest absolute Gasteiger partial charge is 0.323 e. The zero-order chi connectivity index (χ0) is 32.3. The average molecular weight is 647 g/mol. The fourth-order valence-electron chi connectivity index (χ4n) is 8.01. The van der Waals surface area contributed by atoms with Crippen molar-refractivity contribution in [3.8, 4) is 11.4 Å². The minimum atomic E-state index is -0.344. The van der Waals surface area contributed by atoms with E-state index in [4.69, 9.17) is 16.6 Å². The summed E-state index contributed by atoms with van der Waals surface area (Å²) in [5, 5.41) is 1.56. The lowest BCUT2D eigenvalue weighted by atomic mass is 9.74. The summed E-state index contributed by atoms with van der Waals surface area (Å²) in [6, 6.07) is 52.0. The number of likely N-dealkylation sites (tertiary alicyclic amines) is 1. The van der Waals surface area contributed by atoms with Crippen LogP contribution < -0.4 is 0 Å². The number of rotatable bonds is 9. The van der Waals surface area contributed by atoms with Crippen molar-refractivity contribution in [3.05, 3.63) is 167 Å². The number of aromatic nitrogens is 3. The summed E-state index contributed by atoms with van der Waals surface area (Å²) in [6.07, 6.45) is 4.59. The minimum absolute atomic E-state index is 0.344. The third-order valence-electron chi connectivity index (χ3n) is 10.2. The summed E-state index contributed by atoms with van der Waals surface area (Å²) in [7, 11) is 0. The van der Waals surface area contributed by atoms with Crippen LogP contribution in [0.15, 0.2) is 146 Å². The van der Waals surface area contributed by atoms with Crippen molar-refractivity contribution in [1.82, 2.24) is 19.4 Å². The molecule has 0 bridgehead atoms. The van der Waals surface area contributed by atoms with E-state index in [-0.39, 0.29) is 5.54 Å². The summed E-state index contributed by atoms with van der Waals surface area (Å²) in [4.78, 5) is 12.5. The molecule has 0 N–H and O–H groups in total. The Hall–Kier alpha value is -4.77. The number of benzene rings is 5. The maximum absolute atomic E-state index is 6.76. The van der Waals surface area contributed by atoms with Crippen molar-refractivity contribution in [2.45, 2.75) is 37.8 Å². The molecule has 4 nitrogen and oxygen atoms in total. The van der Waals surface area contributed by atoms with Gasteiger partial charge in [0.15, 0.2) is 5.15 Å². The Labute approximate surface area is 287 Å². The number of fused-ring (bicyclic) bond motifs is 3. The number of hydrogen-bond donors (Lipinski definition) is 0. The number of para-hydroxylation sites is 1. The van der Waals surface area contributed by atoms with Gasteiger partial charge < -0.3 is 4.57 Å². The highest BCUT2D eigenvalue weighted by atomic mass is 35.5. The first-order valence-corrected chi connectivity index (χ1v) is 17.5. The third-order valence-corrected chi connectivity index (χ3v) is 10.5. The van der Waals surface area contributed by atoms with Gasteiger partial charge in [0.1, 0.15) is 11.3 Å². The maximum Gasteiger partial charge on any atom is 0.157 e. The van der Waals surface area contributed by atoms with Crippen LogP contribution in [0.3, 0.4) is 0 Å². The van der Waals surface area contributed by atoms with Crippen LogP contribution in [0, 0.1) is 5.92 Å². The lowest BCUT2D eigenvalue weighted by molar-refractivity contribution is 0.0982. The molecule has 0 saturated carbocycles. The quantitative estimate of drug-likeness (QED) is 0.116. The van der Waals surface area contributed by atoms with E-state index in [1.165, 1.54) is 36.0 Å². The van der Waals surface area contributed by atoms with Gasteiger partial charge in [-0.15, -0.1) is 0 Å². The van der Waals surface area contributed by atoms with Crippen LogP contribution in [0.4, 0.5) is 0 Å². The zero-order valence-corrected chi connectivity index (χ0v) is 27.8. The number of nitrogens with zero attached hydrogens (tertiary/aromatic N) is 4. The molecule has 238 valence electrons. The number of hydrogen-bond acceptors (Lipinski definition) is 3. The second-order valence-corrected chi connectivity index (χ2v) is 13.3. The molecule has 48 heavy (non-hydrogen) atoms. The van der Waals surface area contributed by atoms with Gasteiger partial charge in [-0.05, 0) is 67.4 Å². The van der Waals surface area contributed by atoms with Crippen LogP contribution >= 0.6 is 11.6 Å². The van der Waals surface area contributed by atoms with E-state index in [1.807, 2.05) is 12.1 Å². The summed E-state index contributed by atoms with van der Waals surface area (Å²) in [6.45, 7) is 2.96. The lowest BCUT2D eigenvalue weighted by Gasteiger charge is -2.48. The maximum atomic E-state index is 6.76. The number of halogens is 1. The van der Waals surface area contributed by atoms with Crippen molar-refractivity contribution in [2.75, 3.05) is 13.1 Å². The van der Waals surface area contributed by atoms with Gasteiger partial charge in [-0.3, -0.25) is 4.90 Å². The van der Waals surface area contributed by atoms with Crippen LogP contribution in [0.1, 0.15) is 42.4 Å². The molecule has 2 aromatic heterocycles. The molecule has 0 radical (unpaired) electrons. The van der Waals surface area contributed by atoms with E-state index in [2.05, 4.69) is 148 Å². The predicted octanol–water partition coefficient (Wildman–Crippen LogP) is 10.4. The molecule has 5 heteroatoms. The first kappa shape index (κ1) is 30.6. The molecule has 3 heterocycles. The van der Waals surface area contributed by atoms with Crippen LogP contribution in [-0.2, 0) is 12.1 Å². The normalized spacial score (nSPS) is 14.5. The van der Waals surface area contributed by atoms with Crippen molar-refractivity contribution in [3.63, 3.8) is 0 Å². The number of imidazole rings is 1. The lowest BCUT2D eigenvalue weighted by Crippen LogP contribution is -2.51. The molecule has 0 aliphatic carbocycles. The van der Waals surface area contributed by atoms with Gasteiger partial charge in [-0.25, -0.2) is 9.97 Å². The van der Waals surface area contributed by atoms with Gasteiger partial charge >= 0.3 is 0 Å². The Bertz CT molecular complexity index is 2020. The van der Waals surface area contributed by atoms with Gasteiger partial charge in [-0.1, -0.05) is 151 Å². The van der Waals surface area contributed by atoms with Crippen molar-refractivity contribution in [1.29, 1.82) is 0 Å². The smallest absolute Gasteiger partial charge is 0.157 e. The second-order valence-electron chi connectivity index (χ2n) is 13.0. The van der Waals surface area contributed by atoms with E-state index in [0.29, 0.717) is 11.1 Å². The Kier molecular flexibility index (Phi) is 8.52. The van der Waals surface area contributed by atoms with E-state index in [9.17, 15) is 0 Å². The van der Waals surface area contributed by atoms with Crippen molar-refractivity contribution >= 4 is 33.5 Å². The molecule has 0 amide bonds. The fraction of sp³-hybridized carbons (Fsp3) is 0.209. The van der Waals surface area contributed by atoms with E-state index >= 15 is 0 Å². The van der Waals surface area contributed by atoms with Gasteiger partial charge in [-0.2, -0.15) is 0 Å². The van der Waals surface area contributed by atoms with Gasteiger partial charge in [0.25, 0.3) is 0 Å². The van der Waals surface area contributed by atoms with Crippen molar-refractivity contribution in [2.24, 2.45) is 5.92 Å². The Morgan fingerprint density at radius 3 is 1.73 bits per heavy atom. The third kappa shape index (κ3) is 5.49. The molecule has 5 aromatic carbocycles. The number of pyridine rings is 1. The van der Waals surface area contributed by atoms with E-state index in [1.54, 1.807) is 0 Å². The van der Waals surface area contributed by atoms with Crippen LogP contribution in [0.5, 0.6) is 0 Å². The summed E-state index contributed by atoms with van der Waals surface area (Å²) in [5.41, 5.74) is 7.48. The molecule has 0 atom stereocenters. The number of aryl methyl sites for hydroxylation is 1. The highest BCUT2D eigenvalue weighted by Crippen LogP contribution is 2.44. The standard InChI is InChI=1S/C43H39ClN4/c44-41-39-40(37-25-13-14-26-38(37)45-41)48(42(46-39)33-17-5-1-6-18-33)29-15-16-32-27-30-47(31-28-32)43(34-19-7-2-8-20-34,35-21-9-3-10-22-35)36-23-11-4-12-24-36/h1-14,17-26,32H,15-16,27-31H2. The SMILES string of the molecule is Clc1nc2ccccc2c2c1nc(-c1ccccc1)n2CCCC1CCN(C(c2ccccc2)(c2ccccc2)c2ccccc2)CC1. The van der Waals surface area contributed by atoms with Crippen LogP contribution in [0.2, 0.25) is 5.15 Å². The Morgan fingerprint density at radius 1 is 0.625 bits per heavy atom. The van der Waals surface area contributed by atoms with Crippen LogP contribution in [-0.4, -0.2) is 32.5 Å². The minimum Gasteiger partial charge on any atom is -0.323 e. The molecule has 7 aromatic rings. The van der Waals surface area contributed by atoms with Crippen LogP contribution in [0.25, 0.3) is 33.3 Å². The summed E-state index contributed by atoms with van der Waals surface area (Å²) in [5.74, 6) is 1.62. The van der Waals surface area contributed by atoms with E-state index < -0.39 is 0 Å². The molecule has 1 aliphatic rings. The van der Waals surface area contributed by atoms with E-state index in [0.717, 1.165) is 59.4 Å². The molecular weight excluding hydrogens is 608 g/mol. The highest BCUT2D eigenvalue weighted by Gasteiger charge is 2.43. The summed E-state index contributed by atoms with van der Waals surface area (Å²) >= 11 is 6.76. The summed E-state index contributed by atoms with van der Waals surface area (Å²) < 4.78 is 2.39. The molecule has 0 spiro atoms. The van der Waals surface area contributed by atoms with Gasteiger partial charge in [0, 0.05) is 17.5 Å². The fourth-order valence-corrected chi connectivity index (χ4v) is 8.23.